The van der Waals surface area contributed by atoms with Gasteiger partial charge in [0.2, 0.25) is 5.76 Å². The molecule has 5 nitrogen and oxygen atoms in total. The van der Waals surface area contributed by atoms with Crippen LogP contribution in [0.2, 0.25) is 0 Å². The Morgan fingerprint density at radius 2 is 1.93 bits per heavy atom. The lowest BCUT2D eigenvalue weighted by molar-refractivity contribution is 0.0486. The summed E-state index contributed by atoms with van der Waals surface area (Å²) in [6, 6.07) is 14.7. The van der Waals surface area contributed by atoms with Crippen LogP contribution < -0.4 is 5.43 Å². The van der Waals surface area contributed by atoms with Crippen molar-refractivity contribution in [1.29, 1.82) is 0 Å². The van der Waals surface area contributed by atoms with Crippen LogP contribution in [0.25, 0.3) is 11.0 Å². The molecule has 5 heteroatoms. The number of carbonyl (C=O) groups is 1. The molecule has 3 aromatic rings. The number of fused-ring (bicyclic) bond motifs is 2. The number of hydrogen-bond acceptors (Lipinski definition) is 4. The molecule has 1 aromatic heterocycles. The Bertz CT molecular complexity index is 1110. The van der Waals surface area contributed by atoms with Gasteiger partial charge in [0.05, 0.1) is 23.1 Å². The molecular formula is C23H21NO4. The Morgan fingerprint density at radius 1 is 1.11 bits per heavy atom. The van der Waals surface area contributed by atoms with E-state index in [1.54, 1.807) is 11.0 Å². The Hall–Kier alpha value is -2.92. The van der Waals surface area contributed by atoms with Crippen LogP contribution >= 0.6 is 0 Å². The minimum atomic E-state index is -0.450. The molecule has 2 aromatic carbocycles. The van der Waals surface area contributed by atoms with Crippen molar-refractivity contribution in [3.05, 3.63) is 81.2 Å². The Morgan fingerprint density at radius 3 is 2.68 bits per heavy atom. The zero-order valence-electron chi connectivity index (χ0n) is 15.7. The third kappa shape index (κ3) is 2.66. The Kier molecular flexibility index (Phi) is 4.05. The first-order chi connectivity index (χ1) is 13.6. The minimum Gasteiger partial charge on any atom is -0.450 e. The van der Waals surface area contributed by atoms with Gasteiger partial charge in [-0.15, -0.1) is 0 Å². The third-order valence-corrected chi connectivity index (χ3v) is 5.66. The van der Waals surface area contributed by atoms with Crippen LogP contribution in [0.3, 0.4) is 0 Å². The SMILES string of the molecule is Cc1ccc2oc3c(c(=O)c2c1)[C@H](c1ccccc1)N(C[C@@H]1CCCO1)C3=O. The summed E-state index contributed by atoms with van der Waals surface area (Å²) in [5.41, 5.74) is 2.65. The van der Waals surface area contributed by atoms with Crippen LogP contribution in [0.4, 0.5) is 0 Å². The van der Waals surface area contributed by atoms with Crippen molar-refractivity contribution < 1.29 is 13.9 Å². The lowest BCUT2D eigenvalue weighted by atomic mass is 9.98. The molecule has 0 unspecified atom stereocenters. The maximum Gasteiger partial charge on any atom is 0.291 e. The second kappa shape index (κ2) is 6.60. The predicted molar refractivity (Wildman–Crippen MR) is 106 cm³/mol. The molecule has 2 aliphatic rings. The predicted octanol–water partition coefficient (Wildman–Crippen LogP) is 3.83. The maximum atomic E-state index is 13.4. The van der Waals surface area contributed by atoms with Gasteiger partial charge >= 0.3 is 0 Å². The first-order valence-corrected chi connectivity index (χ1v) is 9.68. The van der Waals surface area contributed by atoms with Gasteiger partial charge in [-0.3, -0.25) is 9.59 Å². The van der Waals surface area contributed by atoms with Gasteiger partial charge in [0, 0.05) is 13.2 Å². The molecule has 28 heavy (non-hydrogen) atoms. The molecule has 142 valence electrons. The molecular weight excluding hydrogens is 354 g/mol. The summed E-state index contributed by atoms with van der Waals surface area (Å²) in [6.07, 6.45) is 1.91. The zero-order valence-corrected chi connectivity index (χ0v) is 15.7. The van der Waals surface area contributed by atoms with E-state index in [0.29, 0.717) is 23.1 Å². The number of aryl methyl sites for hydroxylation is 1. The number of nitrogens with zero attached hydrogens (tertiary/aromatic N) is 1. The summed E-state index contributed by atoms with van der Waals surface area (Å²) in [6.45, 7) is 3.11. The van der Waals surface area contributed by atoms with Gasteiger partial charge in [-0.25, -0.2) is 0 Å². The quantitative estimate of drug-likeness (QED) is 0.698. The fourth-order valence-corrected chi connectivity index (χ4v) is 4.31. The molecule has 3 heterocycles. The third-order valence-electron chi connectivity index (χ3n) is 5.66. The van der Waals surface area contributed by atoms with Crippen molar-refractivity contribution in [3.8, 4) is 0 Å². The van der Waals surface area contributed by atoms with Crippen LogP contribution in [0.5, 0.6) is 0 Å². The van der Waals surface area contributed by atoms with E-state index in [0.717, 1.165) is 30.6 Å². The first kappa shape index (κ1) is 17.2. The largest absolute Gasteiger partial charge is 0.450 e. The fourth-order valence-electron chi connectivity index (χ4n) is 4.31. The van der Waals surface area contributed by atoms with Gasteiger partial charge in [-0.2, -0.15) is 0 Å². The van der Waals surface area contributed by atoms with E-state index in [1.807, 2.05) is 49.4 Å². The number of carbonyl (C=O) groups excluding carboxylic acids is 1. The highest BCUT2D eigenvalue weighted by Gasteiger charge is 2.43. The fraction of sp³-hybridized carbons (Fsp3) is 0.304. The molecule has 0 bridgehead atoms. The molecule has 1 amide bonds. The summed E-state index contributed by atoms with van der Waals surface area (Å²) < 4.78 is 11.7. The molecule has 0 N–H and O–H groups in total. The van der Waals surface area contributed by atoms with Gasteiger partial charge in [0.1, 0.15) is 5.58 Å². The molecule has 0 aliphatic carbocycles. The van der Waals surface area contributed by atoms with Crippen molar-refractivity contribution in [1.82, 2.24) is 4.90 Å². The highest BCUT2D eigenvalue weighted by molar-refractivity contribution is 5.99. The summed E-state index contributed by atoms with van der Waals surface area (Å²) in [4.78, 5) is 28.4. The summed E-state index contributed by atoms with van der Waals surface area (Å²) >= 11 is 0. The van der Waals surface area contributed by atoms with Crippen molar-refractivity contribution >= 4 is 16.9 Å². The van der Waals surface area contributed by atoms with Crippen molar-refractivity contribution in [2.45, 2.75) is 31.9 Å². The molecule has 1 saturated heterocycles. The lowest BCUT2D eigenvalue weighted by Crippen LogP contribution is -2.36. The highest BCUT2D eigenvalue weighted by atomic mass is 16.5. The van der Waals surface area contributed by atoms with E-state index in [1.165, 1.54) is 0 Å². The number of benzene rings is 2. The van der Waals surface area contributed by atoms with Crippen LogP contribution in [0, 0.1) is 6.92 Å². The molecule has 0 saturated carbocycles. The van der Waals surface area contributed by atoms with E-state index < -0.39 is 6.04 Å². The van der Waals surface area contributed by atoms with Gasteiger partial charge < -0.3 is 14.1 Å². The van der Waals surface area contributed by atoms with Crippen LogP contribution in [0.1, 0.15) is 46.1 Å². The summed E-state index contributed by atoms with van der Waals surface area (Å²) in [5.74, 6) is -0.0767. The molecule has 0 spiro atoms. The van der Waals surface area contributed by atoms with E-state index in [4.69, 9.17) is 9.15 Å². The van der Waals surface area contributed by atoms with Gasteiger partial charge in [0.25, 0.3) is 5.91 Å². The first-order valence-electron chi connectivity index (χ1n) is 9.68. The normalized spacial score (nSPS) is 21.5. The van der Waals surface area contributed by atoms with Gasteiger partial charge in [-0.1, -0.05) is 42.0 Å². The van der Waals surface area contributed by atoms with Gasteiger partial charge in [0.15, 0.2) is 5.43 Å². The number of ether oxygens (including phenoxy) is 1. The smallest absolute Gasteiger partial charge is 0.291 e. The van der Waals surface area contributed by atoms with Gasteiger partial charge in [-0.05, 0) is 37.5 Å². The lowest BCUT2D eigenvalue weighted by Gasteiger charge is -2.27. The maximum absolute atomic E-state index is 13.4. The van der Waals surface area contributed by atoms with E-state index >= 15 is 0 Å². The van der Waals surface area contributed by atoms with E-state index in [2.05, 4.69) is 0 Å². The summed E-state index contributed by atoms with van der Waals surface area (Å²) in [7, 11) is 0. The molecule has 5 rings (SSSR count). The highest BCUT2D eigenvalue weighted by Crippen LogP contribution is 2.38. The number of hydrogen-bond donors (Lipinski definition) is 0. The average molecular weight is 375 g/mol. The van der Waals surface area contributed by atoms with Crippen molar-refractivity contribution in [2.75, 3.05) is 13.2 Å². The minimum absolute atomic E-state index is 0.00348. The summed E-state index contributed by atoms with van der Waals surface area (Å²) in [5, 5.41) is 0.520. The molecule has 2 aliphatic heterocycles. The number of rotatable bonds is 3. The van der Waals surface area contributed by atoms with Crippen LogP contribution in [-0.4, -0.2) is 30.1 Å². The Balaban J connectivity index is 1.71. The van der Waals surface area contributed by atoms with Crippen molar-refractivity contribution in [3.63, 3.8) is 0 Å². The second-order valence-electron chi connectivity index (χ2n) is 7.58. The van der Waals surface area contributed by atoms with E-state index in [9.17, 15) is 9.59 Å². The Labute approximate surface area is 162 Å². The monoisotopic (exact) mass is 375 g/mol. The zero-order chi connectivity index (χ0) is 19.3. The average Bonchev–Trinajstić information content (AvgIpc) is 3.31. The standard InChI is InChI=1S/C23H21NO4/c1-14-9-10-18-17(12-14)21(25)19-20(15-6-3-2-4-7-15)24(23(26)22(19)28-18)13-16-8-5-11-27-16/h2-4,6-7,9-10,12,16,20H,5,8,11,13H2,1H3/t16-,20-/m0/s1. The second-order valence-corrected chi connectivity index (χ2v) is 7.58. The molecule has 2 atom stereocenters. The number of amides is 1. The van der Waals surface area contributed by atoms with Crippen molar-refractivity contribution in [2.24, 2.45) is 0 Å². The van der Waals surface area contributed by atoms with E-state index in [-0.39, 0.29) is 23.2 Å². The van der Waals surface area contributed by atoms with Crippen LogP contribution in [-0.2, 0) is 4.74 Å². The van der Waals surface area contributed by atoms with Crippen LogP contribution in [0.15, 0.2) is 57.7 Å². The molecule has 0 radical (unpaired) electrons. The molecule has 1 fully saturated rings. The topological polar surface area (TPSA) is 59.8 Å².